The molecule has 0 saturated heterocycles. The maximum absolute atomic E-state index is 11.6. The van der Waals surface area contributed by atoms with Crippen LogP contribution in [0.1, 0.15) is 17.3 Å². The summed E-state index contributed by atoms with van der Waals surface area (Å²) >= 11 is 0. The van der Waals surface area contributed by atoms with Crippen molar-refractivity contribution >= 4 is 11.6 Å². The van der Waals surface area contributed by atoms with E-state index in [4.69, 9.17) is 10.2 Å². The third-order valence-corrected chi connectivity index (χ3v) is 4.01. The quantitative estimate of drug-likeness (QED) is 0.555. The van der Waals surface area contributed by atoms with E-state index in [2.05, 4.69) is 20.2 Å². The topological polar surface area (TPSA) is 108 Å². The van der Waals surface area contributed by atoms with E-state index >= 15 is 0 Å². The molecule has 4 aromatic rings. The number of benzene rings is 2. The lowest BCUT2D eigenvalue weighted by Crippen LogP contribution is -2.00. The molecular weight excluding hydrogens is 342 g/mol. The van der Waals surface area contributed by atoms with E-state index in [-0.39, 0.29) is 17.5 Å². The number of nitrogens with zero attached hydrogens (tertiary/aromatic N) is 4. The van der Waals surface area contributed by atoms with Crippen molar-refractivity contribution in [3.63, 3.8) is 0 Å². The molecular formula is C20H15N5O2. The van der Waals surface area contributed by atoms with Crippen molar-refractivity contribution in [2.24, 2.45) is 0 Å². The largest absolute Gasteiger partial charge is 0.414 e. The van der Waals surface area contributed by atoms with E-state index in [0.717, 1.165) is 11.1 Å². The lowest BCUT2D eigenvalue weighted by molar-refractivity contribution is 0.101. The van der Waals surface area contributed by atoms with Crippen LogP contribution in [0, 0.1) is 0 Å². The molecule has 2 N–H and O–H groups in total. The highest BCUT2D eigenvalue weighted by molar-refractivity contribution is 5.95. The maximum atomic E-state index is 11.6. The number of ketones is 1. The Hall–Kier alpha value is -3.87. The highest BCUT2D eigenvalue weighted by atomic mass is 16.4. The predicted molar refractivity (Wildman–Crippen MR) is 101 cm³/mol. The first-order chi connectivity index (χ1) is 13.1. The number of rotatable bonds is 4. The van der Waals surface area contributed by atoms with Crippen LogP contribution < -0.4 is 5.73 Å². The number of anilines is 1. The first-order valence-electron chi connectivity index (χ1n) is 8.25. The van der Waals surface area contributed by atoms with Gasteiger partial charge in [-0.05, 0) is 25.1 Å². The fourth-order valence-corrected chi connectivity index (χ4v) is 2.61. The van der Waals surface area contributed by atoms with E-state index < -0.39 is 0 Å². The average Bonchev–Trinajstić information content (AvgIpc) is 3.19. The molecule has 0 fully saturated rings. The molecule has 4 rings (SSSR count). The minimum Gasteiger partial charge on any atom is -0.414 e. The van der Waals surface area contributed by atoms with Gasteiger partial charge in [-0.25, -0.2) is 9.97 Å². The van der Waals surface area contributed by atoms with Gasteiger partial charge in [0.05, 0.1) is 11.9 Å². The molecule has 0 atom stereocenters. The summed E-state index contributed by atoms with van der Waals surface area (Å²) in [6.45, 7) is 1.52. The summed E-state index contributed by atoms with van der Waals surface area (Å²) in [7, 11) is 0. The first kappa shape index (κ1) is 16.6. The monoisotopic (exact) mass is 357 g/mol. The molecule has 0 saturated carbocycles. The zero-order valence-corrected chi connectivity index (χ0v) is 14.5. The zero-order chi connectivity index (χ0) is 18.8. The number of hydrogen-bond donors (Lipinski definition) is 1. The fraction of sp³-hybridized carbons (Fsp3) is 0.0500. The van der Waals surface area contributed by atoms with Gasteiger partial charge >= 0.3 is 0 Å². The smallest absolute Gasteiger partial charge is 0.270 e. The molecule has 132 valence electrons. The van der Waals surface area contributed by atoms with Gasteiger partial charge in [0.1, 0.15) is 0 Å². The number of carbonyl (C=O) groups excluding carboxylic acids is 1. The van der Waals surface area contributed by atoms with E-state index in [1.165, 1.54) is 6.92 Å². The Balaban J connectivity index is 1.75. The predicted octanol–water partition coefficient (Wildman–Crippen LogP) is 3.65. The Morgan fingerprint density at radius 3 is 2.48 bits per heavy atom. The Morgan fingerprint density at radius 2 is 1.70 bits per heavy atom. The van der Waals surface area contributed by atoms with Crippen LogP contribution in [0.15, 0.2) is 65.2 Å². The first-order valence-corrected chi connectivity index (χ1v) is 8.25. The van der Waals surface area contributed by atoms with Gasteiger partial charge in [-0.3, -0.25) is 4.79 Å². The molecule has 7 nitrogen and oxygen atoms in total. The third kappa shape index (κ3) is 3.30. The minimum atomic E-state index is -0.0233. The van der Waals surface area contributed by atoms with E-state index in [0.29, 0.717) is 22.8 Å². The van der Waals surface area contributed by atoms with Gasteiger partial charge in [0, 0.05) is 16.7 Å². The van der Waals surface area contributed by atoms with Crippen LogP contribution in [0.3, 0.4) is 0 Å². The van der Waals surface area contributed by atoms with Crippen molar-refractivity contribution in [2.75, 3.05) is 5.73 Å². The second-order valence-corrected chi connectivity index (χ2v) is 5.90. The molecule has 0 unspecified atom stereocenters. The normalized spacial score (nSPS) is 10.7. The van der Waals surface area contributed by atoms with Gasteiger partial charge in [-0.1, -0.05) is 36.4 Å². The maximum Gasteiger partial charge on any atom is 0.270 e. The van der Waals surface area contributed by atoms with Crippen molar-refractivity contribution in [1.82, 2.24) is 20.2 Å². The van der Waals surface area contributed by atoms with E-state index in [1.54, 1.807) is 24.4 Å². The molecule has 2 heterocycles. The lowest BCUT2D eigenvalue weighted by atomic mass is 10.1. The third-order valence-electron chi connectivity index (χ3n) is 4.01. The Labute approximate surface area is 154 Å². The molecule has 0 aliphatic carbocycles. The van der Waals surface area contributed by atoms with Crippen LogP contribution in [-0.4, -0.2) is 25.9 Å². The number of carbonyl (C=O) groups is 1. The molecule has 0 aliphatic rings. The Bertz CT molecular complexity index is 1120. The van der Waals surface area contributed by atoms with E-state index in [9.17, 15) is 4.79 Å². The van der Waals surface area contributed by atoms with Crippen LogP contribution in [0.25, 0.3) is 34.3 Å². The number of hydrogen-bond acceptors (Lipinski definition) is 7. The molecule has 0 aliphatic heterocycles. The second kappa shape index (κ2) is 6.80. The molecule has 0 amide bonds. The van der Waals surface area contributed by atoms with Gasteiger partial charge in [-0.15, -0.1) is 10.2 Å². The summed E-state index contributed by atoms with van der Waals surface area (Å²) in [5.74, 6) is 0.717. The lowest BCUT2D eigenvalue weighted by Gasteiger charge is -2.05. The molecule has 7 heteroatoms. The summed E-state index contributed by atoms with van der Waals surface area (Å²) in [5, 5.41) is 8.11. The van der Waals surface area contributed by atoms with Crippen LogP contribution in [0.4, 0.5) is 5.82 Å². The number of aromatic nitrogens is 4. The molecule has 2 aromatic heterocycles. The van der Waals surface area contributed by atoms with Crippen LogP contribution in [0.2, 0.25) is 0 Å². The van der Waals surface area contributed by atoms with E-state index in [1.807, 2.05) is 36.4 Å². The number of nitrogen functional groups attached to an aromatic ring is 1. The second-order valence-electron chi connectivity index (χ2n) is 5.90. The molecule has 0 bridgehead atoms. The Morgan fingerprint density at radius 1 is 0.963 bits per heavy atom. The summed E-state index contributed by atoms with van der Waals surface area (Å²) in [4.78, 5) is 20.3. The van der Waals surface area contributed by atoms with Crippen molar-refractivity contribution < 1.29 is 9.21 Å². The molecule has 27 heavy (non-hydrogen) atoms. The average molecular weight is 357 g/mol. The van der Waals surface area contributed by atoms with Crippen molar-refractivity contribution in [3.8, 4) is 34.3 Å². The van der Waals surface area contributed by atoms with Crippen molar-refractivity contribution in [3.05, 3.63) is 66.4 Å². The van der Waals surface area contributed by atoms with Gasteiger partial charge in [-0.2, -0.15) is 0 Å². The van der Waals surface area contributed by atoms with Crippen LogP contribution >= 0.6 is 0 Å². The summed E-state index contributed by atoms with van der Waals surface area (Å²) in [5.41, 5.74) is 8.97. The Kier molecular flexibility index (Phi) is 4.18. The number of Topliss-reactive ketones (excluding diaryl/α,β-unsaturated/α-hetero) is 1. The van der Waals surface area contributed by atoms with Crippen molar-refractivity contribution in [2.45, 2.75) is 6.92 Å². The summed E-state index contributed by atoms with van der Waals surface area (Å²) in [6.07, 6.45) is 1.55. The highest BCUT2D eigenvalue weighted by Crippen LogP contribution is 2.28. The SMILES string of the molecule is CC(=O)c1cccc(-c2cnc(N)c(-c3nnc(-c4ccccc4)o3)n2)c1. The fourth-order valence-electron chi connectivity index (χ4n) is 2.61. The van der Waals surface area contributed by atoms with Gasteiger partial charge in [0.15, 0.2) is 17.3 Å². The van der Waals surface area contributed by atoms with Crippen LogP contribution in [0.5, 0.6) is 0 Å². The summed E-state index contributed by atoms with van der Waals surface area (Å²) in [6, 6.07) is 16.6. The molecule has 0 radical (unpaired) electrons. The van der Waals surface area contributed by atoms with Gasteiger partial charge < -0.3 is 10.2 Å². The minimum absolute atomic E-state index is 0.0233. The molecule has 2 aromatic carbocycles. The summed E-state index contributed by atoms with van der Waals surface area (Å²) < 4.78 is 5.73. The molecule has 0 spiro atoms. The number of nitrogens with two attached hydrogens (primary N) is 1. The standard InChI is InChI=1S/C20H15N5O2/c1-12(26)14-8-5-9-15(10-14)16-11-22-18(21)17(23-16)20-25-24-19(27-20)13-6-3-2-4-7-13/h2-11H,1H3,(H2,21,22). The zero-order valence-electron chi connectivity index (χ0n) is 14.5. The van der Waals surface area contributed by atoms with Crippen LogP contribution in [-0.2, 0) is 0 Å². The highest BCUT2D eigenvalue weighted by Gasteiger charge is 2.17. The van der Waals surface area contributed by atoms with Gasteiger partial charge in [0.25, 0.3) is 5.89 Å². The van der Waals surface area contributed by atoms with Crippen molar-refractivity contribution in [1.29, 1.82) is 0 Å². The van der Waals surface area contributed by atoms with Gasteiger partial charge in [0.2, 0.25) is 5.89 Å².